The van der Waals surface area contributed by atoms with Crippen LogP contribution in [0.1, 0.15) is 147 Å². The summed E-state index contributed by atoms with van der Waals surface area (Å²) in [6, 6.07) is 52.7. The van der Waals surface area contributed by atoms with E-state index in [1.807, 2.05) is 125 Å². The first-order valence-electron chi connectivity index (χ1n) is 32.1. The van der Waals surface area contributed by atoms with Crippen LogP contribution in [-0.4, -0.2) is 61.3 Å². The third kappa shape index (κ3) is 11.2. The van der Waals surface area contributed by atoms with Gasteiger partial charge in [-0.2, -0.15) is 0 Å². The lowest BCUT2D eigenvalue weighted by Gasteiger charge is -2.31. The number of benzene rings is 10. The first-order valence-corrected chi connectivity index (χ1v) is 32.1. The molecular formula is C83H64N4O10. The number of hydrogen-bond acceptors (Lipinski definition) is 10. The van der Waals surface area contributed by atoms with E-state index < -0.39 is 41.4 Å². The van der Waals surface area contributed by atoms with Crippen LogP contribution in [0.4, 0.5) is 22.7 Å². The van der Waals surface area contributed by atoms with Crippen LogP contribution in [-0.2, 0) is 17.8 Å². The SMILES string of the molecule is Cc1cc(C2=CC=CC2)cc(C)c1N1C(=O)c2ccc(C(=O)CCc3ccccc3)c3c(C(=O)N(C)c4ccc(Oc5ccc(N(C)C(=O)c6ccc7c8c(ccc(C(=O)OCc9ccccc9)c68)C(=O)N(c6c(C)cc(C8=CC=CC8)cc6C)C7=O)cc5)cc4)ccc(c23)C1=O. The lowest BCUT2D eigenvalue weighted by atomic mass is 9.85. The summed E-state index contributed by atoms with van der Waals surface area (Å²) in [6.07, 6.45) is 14.4. The molecule has 0 unspecified atom stereocenters. The van der Waals surface area contributed by atoms with E-state index in [4.69, 9.17) is 9.47 Å². The van der Waals surface area contributed by atoms with Gasteiger partial charge in [0.1, 0.15) is 18.1 Å². The number of esters is 1. The van der Waals surface area contributed by atoms with Crippen molar-refractivity contribution in [3.8, 4) is 11.5 Å². The highest BCUT2D eigenvalue weighted by Gasteiger charge is 2.41. The van der Waals surface area contributed by atoms with Crippen LogP contribution in [0.5, 0.6) is 11.5 Å². The van der Waals surface area contributed by atoms with E-state index in [0.29, 0.717) is 40.7 Å². The first-order chi connectivity index (χ1) is 46.9. The number of imide groups is 2. The number of anilines is 4. The third-order valence-corrected chi connectivity index (χ3v) is 18.7. The first kappa shape index (κ1) is 62.3. The summed E-state index contributed by atoms with van der Waals surface area (Å²) in [6.45, 7) is 7.46. The van der Waals surface area contributed by atoms with E-state index in [-0.39, 0.29) is 84.9 Å². The largest absolute Gasteiger partial charge is 0.457 e. The molecule has 2 aliphatic carbocycles. The molecule has 2 aliphatic heterocycles. The predicted octanol–water partition coefficient (Wildman–Crippen LogP) is 17.0. The zero-order valence-electron chi connectivity index (χ0n) is 54.2. The number of carbonyl (C=O) groups is 8. The molecule has 0 bridgehead atoms. The van der Waals surface area contributed by atoms with E-state index in [1.165, 1.54) is 43.9 Å². The molecule has 0 saturated carbocycles. The van der Waals surface area contributed by atoms with Gasteiger partial charge in [0.05, 0.1) is 16.9 Å². The Morgan fingerprint density at radius 2 is 0.814 bits per heavy atom. The van der Waals surface area contributed by atoms with Crippen molar-refractivity contribution in [1.29, 1.82) is 0 Å². The van der Waals surface area contributed by atoms with E-state index in [2.05, 4.69) is 24.3 Å². The average molecular weight is 1280 g/mol. The van der Waals surface area contributed by atoms with Gasteiger partial charge in [-0.15, -0.1) is 0 Å². The Kier molecular flexibility index (Phi) is 16.2. The minimum atomic E-state index is -0.745. The molecule has 0 radical (unpaired) electrons. The van der Waals surface area contributed by atoms with Crippen LogP contribution < -0.4 is 24.3 Å². The number of ether oxygens (including phenoxy) is 2. The van der Waals surface area contributed by atoms with Gasteiger partial charge in [0, 0.05) is 92.4 Å². The molecule has 0 spiro atoms. The Hall–Kier alpha value is -12.2. The molecule has 4 aliphatic rings. The van der Waals surface area contributed by atoms with Crippen molar-refractivity contribution in [2.45, 2.75) is 60.0 Å². The van der Waals surface area contributed by atoms with Crippen molar-refractivity contribution in [2.75, 3.05) is 33.7 Å². The standard InChI is InChI=1S/C83H64N4O10/c1-48-43-56(54-21-13-14-22-54)44-49(2)75(48)86-79(91)65-35-34-62(70(88)42-25-52-17-9-7-10-18-52)71-63(36-38-66(72(65)71)80(86)92)77(89)84(5)58-26-30-60(31-27-58)97-61-32-28-59(29-33-61)85(6)78(90)64-37-39-67-73-68(40-41-69(74(64)73)83(95)96-47-53-19-11-8-12-20-53)82(94)87(81(67)93)76-50(3)45-57(46-51(76)4)55-23-15-16-24-55/h7-21,23,26-41,43-46H,22,24-25,42,47H2,1-6H3. The molecule has 10 aromatic carbocycles. The highest BCUT2D eigenvalue weighted by molar-refractivity contribution is 6.40. The van der Waals surface area contributed by atoms with Gasteiger partial charge in [0.25, 0.3) is 35.4 Å². The molecule has 0 saturated heterocycles. The Labute approximate surface area is 560 Å². The predicted molar refractivity (Wildman–Crippen MR) is 379 cm³/mol. The summed E-state index contributed by atoms with van der Waals surface area (Å²) in [7, 11) is 3.19. The summed E-state index contributed by atoms with van der Waals surface area (Å²) < 4.78 is 12.2. The third-order valence-electron chi connectivity index (χ3n) is 18.7. The maximum absolute atomic E-state index is 15.0. The van der Waals surface area contributed by atoms with E-state index in [0.717, 1.165) is 68.5 Å². The minimum Gasteiger partial charge on any atom is -0.457 e. The number of ketones is 1. The molecule has 14 heteroatoms. The van der Waals surface area contributed by atoms with Crippen molar-refractivity contribution in [1.82, 2.24) is 0 Å². The second kappa shape index (κ2) is 25.3. The summed E-state index contributed by atoms with van der Waals surface area (Å²) in [5, 5.41) is 0.763. The fourth-order valence-electron chi connectivity index (χ4n) is 13.9. The Morgan fingerprint density at radius 3 is 1.22 bits per heavy atom. The number of hydrogen-bond donors (Lipinski definition) is 0. The fraction of sp³-hybridized carbons (Fsp3) is 0.133. The topological polar surface area (TPSA) is 168 Å². The van der Waals surface area contributed by atoms with Crippen LogP contribution in [0.2, 0.25) is 0 Å². The summed E-state index contributed by atoms with van der Waals surface area (Å²) in [4.78, 5) is 123. The molecule has 476 valence electrons. The Balaban J connectivity index is 0.724. The van der Waals surface area contributed by atoms with Gasteiger partial charge in [-0.1, -0.05) is 97.1 Å². The van der Waals surface area contributed by atoms with Gasteiger partial charge in [0.15, 0.2) is 5.78 Å². The van der Waals surface area contributed by atoms with Crippen LogP contribution in [0.25, 0.3) is 32.7 Å². The number of amides is 6. The van der Waals surface area contributed by atoms with E-state index in [1.54, 1.807) is 86.9 Å². The molecule has 6 amide bonds. The van der Waals surface area contributed by atoms with Gasteiger partial charge in [0.2, 0.25) is 0 Å². The lowest BCUT2D eigenvalue weighted by molar-refractivity contribution is 0.0474. The summed E-state index contributed by atoms with van der Waals surface area (Å²) in [5.41, 5.74) is 12.0. The van der Waals surface area contributed by atoms with Crippen molar-refractivity contribution in [2.24, 2.45) is 0 Å². The van der Waals surface area contributed by atoms with Gasteiger partial charge < -0.3 is 19.3 Å². The van der Waals surface area contributed by atoms with E-state index >= 15 is 4.79 Å². The normalized spacial score (nSPS) is 13.8. The average Bonchev–Trinajstić information content (AvgIpc) is 0.932. The van der Waals surface area contributed by atoms with Gasteiger partial charge >= 0.3 is 5.97 Å². The van der Waals surface area contributed by atoms with Gasteiger partial charge in [-0.3, -0.25) is 33.6 Å². The Bertz CT molecular complexity index is 4780. The molecule has 14 rings (SSSR count). The smallest absolute Gasteiger partial charge is 0.339 e. The van der Waals surface area contributed by atoms with Crippen LogP contribution in [0.3, 0.4) is 0 Å². The van der Waals surface area contributed by atoms with Crippen molar-refractivity contribution in [3.63, 3.8) is 0 Å². The summed E-state index contributed by atoms with van der Waals surface area (Å²) >= 11 is 0. The quantitative estimate of drug-likeness (QED) is 0.0486. The highest BCUT2D eigenvalue weighted by atomic mass is 16.5. The van der Waals surface area contributed by atoms with Crippen LogP contribution in [0.15, 0.2) is 218 Å². The van der Waals surface area contributed by atoms with Crippen molar-refractivity contribution in [3.05, 3.63) is 307 Å². The molecule has 0 aromatic heterocycles. The molecule has 0 fully saturated rings. The van der Waals surface area contributed by atoms with Crippen molar-refractivity contribution < 1.29 is 47.8 Å². The molecule has 2 heterocycles. The summed E-state index contributed by atoms with van der Waals surface area (Å²) in [5.74, 6) is -3.48. The molecule has 10 aromatic rings. The number of carbonyl (C=O) groups excluding carboxylic acids is 8. The number of aryl methyl sites for hydroxylation is 5. The highest BCUT2D eigenvalue weighted by Crippen LogP contribution is 2.44. The number of nitrogens with zero attached hydrogens (tertiary/aromatic N) is 4. The molecule has 97 heavy (non-hydrogen) atoms. The van der Waals surface area contributed by atoms with Gasteiger partial charge in [-0.05, 0) is 224 Å². The van der Waals surface area contributed by atoms with Gasteiger partial charge in [-0.25, -0.2) is 14.6 Å². The number of Topliss-reactive ketones (excluding diaryl/α,β-unsaturated/α-hetero) is 1. The minimum absolute atomic E-state index is 0.0102. The maximum atomic E-state index is 15.0. The number of rotatable bonds is 17. The molecule has 0 N–H and O–H groups in total. The van der Waals surface area contributed by atoms with E-state index in [9.17, 15) is 33.6 Å². The maximum Gasteiger partial charge on any atom is 0.339 e. The molecule has 14 nitrogen and oxygen atoms in total. The molecule has 0 atom stereocenters. The second-order valence-corrected chi connectivity index (χ2v) is 24.9. The fourth-order valence-corrected chi connectivity index (χ4v) is 13.9. The Morgan fingerprint density at radius 1 is 0.433 bits per heavy atom. The van der Waals surface area contributed by atoms with Crippen molar-refractivity contribution >= 4 is 103 Å². The molecular weight excluding hydrogens is 1210 g/mol. The number of allylic oxidation sites excluding steroid dienone is 8. The lowest BCUT2D eigenvalue weighted by Crippen LogP contribution is -2.41. The van der Waals surface area contributed by atoms with Crippen LogP contribution >= 0.6 is 0 Å². The second-order valence-electron chi connectivity index (χ2n) is 24.9. The zero-order chi connectivity index (χ0) is 67.5. The van der Waals surface area contributed by atoms with Crippen LogP contribution in [0, 0.1) is 27.7 Å². The monoisotopic (exact) mass is 1280 g/mol. The zero-order valence-corrected chi connectivity index (χ0v) is 54.2.